The molecule has 0 bridgehead atoms. The predicted molar refractivity (Wildman–Crippen MR) is 170 cm³/mol. The number of benzene rings is 3. The van der Waals surface area contributed by atoms with E-state index in [1.54, 1.807) is 60.9 Å². The first-order valence-corrected chi connectivity index (χ1v) is 15.5. The number of carbonyl (C=O) groups excluding carboxylic acids is 2. The van der Waals surface area contributed by atoms with Crippen LogP contribution < -0.4 is 4.90 Å². The fraction of sp³-hybridized carbons (Fsp3) is 0.412. The number of hydrogen-bond acceptors (Lipinski definition) is 7. The minimum atomic E-state index is -0.619. The molecule has 2 aliphatic rings. The molecular weight excluding hydrogens is 596 g/mol. The third kappa shape index (κ3) is 7.79. The Bertz CT molecular complexity index is 1510. The zero-order valence-corrected chi connectivity index (χ0v) is 26.3. The summed E-state index contributed by atoms with van der Waals surface area (Å²) in [7, 11) is 0. The highest BCUT2D eigenvalue weighted by molar-refractivity contribution is 5.96. The lowest BCUT2D eigenvalue weighted by molar-refractivity contribution is -0.384. The maximum Gasteiger partial charge on any atom is 0.410 e. The van der Waals surface area contributed by atoms with Gasteiger partial charge < -0.3 is 19.4 Å². The van der Waals surface area contributed by atoms with Gasteiger partial charge in [-0.25, -0.2) is 13.6 Å². The van der Waals surface area contributed by atoms with Crippen LogP contribution in [0.15, 0.2) is 66.7 Å². The number of nitro groups is 1. The largest absolute Gasteiger partial charge is 0.444 e. The number of nitro benzene ring substituents is 1. The number of rotatable bonds is 6. The first-order chi connectivity index (χ1) is 21.9. The zero-order valence-electron chi connectivity index (χ0n) is 26.3. The maximum absolute atomic E-state index is 13.8. The lowest BCUT2D eigenvalue weighted by Gasteiger charge is -2.35. The fourth-order valence-corrected chi connectivity index (χ4v) is 6.01. The summed E-state index contributed by atoms with van der Waals surface area (Å²) in [6, 6.07) is 16.7. The Balaban J connectivity index is 1.33. The van der Waals surface area contributed by atoms with Crippen LogP contribution in [-0.4, -0.2) is 89.6 Å². The van der Waals surface area contributed by atoms with Crippen LogP contribution in [0.4, 0.5) is 25.0 Å². The van der Waals surface area contributed by atoms with Crippen molar-refractivity contribution in [3.05, 3.63) is 105 Å². The molecule has 0 aromatic heterocycles. The Morgan fingerprint density at radius 2 is 1.35 bits per heavy atom. The molecule has 10 nitrogen and oxygen atoms in total. The number of nitrogens with zero attached hydrogens (tertiary/aromatic N) is 5. The van der Waals surface area contributed by atoms with Gasteiger partial charge in [0.05, 0.1) is 11.0 Å². The van der Waals surface area contributed by atoms with Crippen LogP contribution in [0, 0.1) is 21.7 Å². The highest BCUT2D eigenvalue weighted by atomic mass is 19.1. The number of carbonyl (C=O) groups is 2. The Hall–Kier alpha value is -4.58. The summed E-state index contributed by atoms with van der Waals surface area (Å²) in [6.45, 7) is 8.79. The van der Waals surface area contributed by atoms with Crippen molar-refractivity contribution in [3.8, 4) is 0 Å². The van der Waals surface area contributed by atoms with Gasteiger partial charge in [0.25, 0.3) is 11.6 Å². The van der Waals surface area contributed by atoms with Gasteiger partial charge in [-0.2, -0.15) is 0 Å². The summed E-state index contributed by atoms with van der Waals surface area (Å²) < 4.78 is 33.0. The molecule has 2 aliphatic heterocycles. The van der Waals surface area contributed by atoms with Gasteiger partial charge in [-0.1, -0.05) is 24.3 Å². The van der Waals surface area contributed by atoms with Crippen molar-refractivity contribution in [1.29, 1.82) is 0 Å². The van der Waals surface area contributed by atoms with E-state index in [1.165, 1.54) is 36.4 Å². The van der Waals surface area contributed by atoms with E-state index in [0.717, 1.165) is 11.1 Å². The van der Waals surface area contributed by atoms with Gasteiger partial charge in [-0.15, -0.1) is 0 Å². The Morgan fingerprint density at radius 3 is 1.89 bits per heavy atom. The smallest absolute Gasteiger partial charge is 0.410 e. The van der Waals surface area contributed by atoms with Crippen LogP contribution in [0.1, 0.15) is 54.7 Å². The molecule has 12 heteroatoms. The fourth-order valence-electron chi connectivity index (χ4n) is 6.01. The number of ether oxygens (including phenoxy) is 1. The molecule has 2 heterocycles. The molecule has 0 unspecified atom stereocenters. The summed E-state index contributed by atoms with van der Waals surface area (Å²) >= 11 is 0. The zero-order chi connectivity index (χ0) is 33.0. The summed E-state index contributed by atoms with van der Waals surface area (Å²) in [5.74, 6) is -0.963. The van der Waals surface area contributed by atoms with Crippen molar-refractivity contribution >= 4 is 23.4 Å². The van der Waals surface area contributed by atoms with Crippen LogP contribution in [-0.2, 0) is 4.74 Å². The molecule has 2 amide bonds. The van der Waals surface area contributed by atoms with Crippen molar-refractivity contribution in [2.75, 3.05) is 57.3 Å². The molecule has 5 rings (SSSR count). The lowest BCUT2D eigenvalue weighted by Crippen LogP contribution is -2.51. The third-order valence-electron chi connectivity index (χ3n) is 8.25. The van der Waals surface area contributed by atoms with Crippen LogP contribution in [0.25, 0.3) is 0 Å². The second-order valence-electron chi connectivity index (χ2n) is 12.6. The highest BCUT2D eigenvalue weighted by Gasteiger charge is 2.31. The summed E-state index contributed by atoms with van der Waals surface area (Å²) in [6.07, 6.45) is 0.245. The molecule has 0 radical (unpaired) electrons. The van der Waals surface area contributed by atoms with Crippen LogP contribution in [0.2, 0.25) is 0 Å². The quantitative estimate of drug-likeness (QED) is 0.247. The van der Waals surface area contributed by atoms with E-state index < -0.39 is 16.6 Å². The minimum absolute atomic E-state index is 0.0895. The average Bonchev–Trinajstić information content (AvgIpc) is 3.28. The number of piperazine rings is 1. The molecule has 0 atom stereocenters. The van der Waals surface area contributed by atoms with E-state index in [4.69, 9.17) is 4.74 Å². The molecule has 244 valence electrons. The van der Waals surface area contributed by atoms with E-state index in [-0.39, 0.29) is 29.3 Å². The molecule has 46 heavy (non-hydrogen) atoms. The number of anilines is 1. The van der Waals surface area contributed by atoms with Gasteiger partial charge in [-0.05, 0) is 74.7 Å². The predicted octanol–water partition coefficient (Wildman–Crippen LogP) is 5.87. The van der Waals surface area contributed by atoms with Crippen LogP contribution in [0.5, 0.6) is 0 Å². The van der Waals surface area contributed by atoms with Crippen molar-refractivity contribution < 1.29 is 28.0 Å². The van der Waals surface area contributed by atoms with Gasteiger partial charge >= 0.3 is 6.09 Å². The second-order valence-corrected chi connectivity index (χ2v) is 12.6. The highest BCUT2D eigenvalue weighted by Crippen LogP contribution is 2.34. The molecule has 0 spiro atoms. The first-order valence-electron chi connectivity index (χ1n) is 15.5. The Morgan fingerprint density at radius 1 is 0.783 bits per heavy atom. The van der Waals surface area contributed by atoms with E-state index in [9.17, 15) is 28.5 Å². The number of hydrogen-bond donors (Lipinski definition) is 0. The molecule has 0 saturated carbocycles. The second kappa shape index (κ2) is 13.8. The SMILES string of the molecule is CC(C)(C)OC(=O)N1CCN(C(=O)c2ccc([N+](=O)[O-])c(N3CCCN(C(c4ccc(F)cc4)c4ccc(F)cc4)CC3)c2)CC1. The van der Waals surface area contributed by atoms with E-state index >= 15 is 0 Å². The molecule has 2 fully saturated rings. The standard InChI is InChI=1S/C34H39F2N5O5/c1-34(2,3)46-33(43)40-21-19-39(20-22-40)32(42)26-9-14-29(41(44)45)30(23-26)37-15-4-16-38(18-17-37)31(24-5-10-27(35)11-6-24)25-7-12-28(36)13-8-25/h5-14,23,31H,4,15-22H2,1-3H3. The lowest BCUT2D eigenvalue weighted by atomic mass is 9.96. The summed E-state index contributed by atoms with van der Waals surface area (Å²) in [5.41, 5.74) is 1.70. The first kappa shape index (κ1) is 32.8. The summed E-state index contributed by atoms with van der Waals surface area (Å²) in [5, 5.41) is 12.1. The molecule has 3 aromatic carbocycles. The van der Waals surface area contributed by atoms with Crippen LogP contribution >= 0.6 is 0 Å². The number of amides is 2. The Labute approximate surface area is 267 Å². The van der Waals surface area contributed by atoms with Gasteiger partial charge in [-0.3, -0.25) is 19.8 Å². The molecule has 3 aromatic rings. The van der Waals surface area contributed by atoms with Crippen molar-refractivity contribution in [2.24, 2.45) is 0 Å². The van der Waals surface area contributed by atoms with Gasteiger partial charge in [0, 0.05) is 64.0 Å². The van der Waals surface area contributed by atoms with E-state index in [1.807, 2.05) is 4.90 Å². The van der Waals surface area contributed by atoms with E-state index in [0.29, 0.717) is 70.0 Å². The molecular formula is C34H39F2N5O5. The van der Waals surface area contributed by atoms with Gasteiger partial charge in [0.15, 0.2) is 0 Å². The van der Waals surface area contributed by atoms with Crippen molar-refractivity contribution in [1.82, 2.24) is 14.7 Å². The average molecular weight is 636 g/mol. The normalized spacial score (nSPS) is 16.3. The third-order valence-corrected chi connectivity index (χ3v) is 8.25. The van der Waals surface area contributed by atoms with E-state index in [2.05, 4.69) is 4.90 Å². The topological polar surface area (TPSA) is 99.5 Å². The van der Waals surface area contributed by atoms with Crippen molar-refractivity contribution in [3.63, 3.8) is 0 Å². The van der Waals surface area contributed by atoms with Gasteiger partial charge in [0.1, 0.15) is 22.9 Å². The summed E-state index contributed by atoms with van der Waals surface area (Å²) in [4.78, 5) is 45.0. The Kier molecular flexibility index (Phi) is 9.85. The monoisotopic (exact) mass is 635 g/mol. The minimum Gasteiger partial charge on any atom is -0.444 e. The molecule has 0 aliphatic carbocycles. The van der Waals surface area contributed by atoms with Gasteiger partial charge in [0.2, 0.25) is 0 Å². The molecule has 0 N–H and O–H groups in total. The number of halogens is 2. The maximum atomic E-state index is 13.8. The van der Waals surface area contributed by atoms with Crippen LogP contribution in [0.3, 0.4) is 0 Å². The molecule has 2 saturated heterocycles. The van der Waals surface area contributed by atoms with Crippen molar-refractivity contribution in [2.45, 2.75) is 38.8 Å².